The lowest BCUT2D eigenvalue weighted by Crippen LogP contribution is -2.25. The maximum Gasteiger partial charge on any atom is 0.0640 e. The summed E-state index contributed by atoms with van der Waals surface area (Å²) in [5.41, 5.74) is 7.16. The molecular weight excluding hydrogens is 226 g/mol. The molecular formula is C14H27N3O. The first-order valence-electron chi connectivity index (χ1n) is 7.04. The third-order valence-electron chi connectivity index (χ3n) is 3.16. The van der Waals surface area contributed by atoms with E-state index in [4.69, 9.17) is 10.5 Å². The van der Waals surface area contributed by atoms with Crippen molar-refractivity contribution in [2.75, 3.05) is 13.2 Å². The van der Waals surface area contributed by atoms with Gasteiger partial charge in [0, 0.05) is 37.9 Å². The average molecular weight is 253 g/mol. The summed E-state index contributed by atoms with van der Waals surface area (Å²) in [5, 5.41) is 4.56. The molecule has 4 nitrogen and oxygen atoms in total. The lowest BCUT2D eigenvalue weighted by molar-refractivity contribution is 0.127. The Kier molecular flexibility index (Phi) is 6.98. The smallest absolute Gasteiger partial charge is 0.0640 e. The maximum atomic E-state index is 6.08. The van der Waals surface area contributed by atoms with Crippen LogP contribution in [0.3, 0.4) is 0 Å². The Labute approximate surface area is 111 Å². The Balaban J connectivity index is 2.30. The van der Waals surface area contributed by atoms with Crippen LogP contribution in [0.4, 0.5) is 0 Å². The second kappa shape index (κ2) is 8.27. The molecule has 1 heterocycles. The zero-order valence-electron chi connectivity index (χ0n) is 11.9. The van der Waals surface area contributed by atoms with Gasteiger partial charge in [0.1, 0.15) is 0 Å². The summed E-state index contributed by atoms with van der Waals surface area (Å²) in [6.07, 6.45) is 5.94. The van der Waals surface area contributed by atoms with E-state index in [1.807, 2.05) is 10.9 Å². The van der Waals surface area contributed by atoms with Crippen LogP contribution in [0.2, 0.25) is 0 Å². The zero-order chi connectivity index (χ0) is 13.4. The van der Waals surface area contributed by atoms with E-state index in [1.165, 1.54) is 0 Å². The predicted octanol–water partition coefficient (Wildman–Crippen LogP) is 2.54. The van der Waals surface area contributed by atoms with E-state index in [0.29, 0.717) is 6.04 Å². The standard InChI is InChI=1S/C14H27N3O/c1-4-9-18-10-7-13(15)11-14-6-8-17(16-14)12(3)5-2/h6,8,12-13H,4-5,7,9-11,15H2,1-3H3. The van der Waals surface area contributed by atoms with Crippen molar-refractivity contribution in [2.45, 2.75) is 58.5 Å². The molecule has 0 aliphatic carbocycles. The van der Waals surface area contributed by atoms with Gasteiger partial charge in [-0.05, 0) is 32.3 Å². The number of rotatable bonds is 9. The van der Waals surface area contributed by atoms with Gasteiger partial charge in [0.15, 0.2) is 0 Å². The lowest BCUT2D eigenvalue weighted by atomic mass is 10.1. The SMILES string of the molecule is CCCOCCC(N)Cc1ccn(C(C)CC)n1. The highest BCUT2D eigenvalue weighted by Crippen LogP contribution is 2.10. The summed E-state index contributed by atoms with van der Waals surface area (Å²) in [7, 11) is 0. The van der Waals surface area contributed by atoms with Gasteiger partial charge >= 0.3 is 0 Å². The molecule has 0 saturated heterocycles. The van der Waals surface area contributed by atoms with Gasteiger partial charge in [-0.15, -0.1) is 0 Å². The molecule has 0 bridgehead atoms. The molecule has 1 rings (SSSR count). The molecule has 1 aromatic heterocycles. The van der Waals surface area contributed by atoms with E-state index < -0.39 is 0 Å². The van der Waals surface area contributed by atoms with Crippen molar-refractivity contribution in [3.8, 4) is 0 Å². The highest BCUT2D eigenvalue weighted by Gasteiger charge is 2.08. The zero-order valence-corrected chi connectivity index (χ0v) is 11.9. The third kappa shape index (κ3) is 5.19. The molecule has 104 valence electrons. The summed E-state index contributed by atoms with van der Waals surface area (Å²) >= 11 is 0. The van der Waals surface area contributed by atoms with Gasteiger partial charge in [-0.3, -0.25) is 4.68 Å². The summed E-state index contributed by atoms with van der Waals surface area (Å²) in [4.78, 5) is 0. The van der Waals surface area contributed by atoms with Crippen LogP contribution in [0.1, 0.15) is 51.8 Å². The van der Waals surface area contributed by atoms with Crippen LogP contribution in [0.15, 0.2) is 12.3 Å². The molecule has 0 aliphatic rings. The summed E-state index contributed by atoms with van der Waals surface area (Å²) in [5.74, 6) is 0. The second-order valence-electron chi connectivity index (χ2n) is 4.91. The molecule has 2 unspecified atom stereocenters. The van der Waals surface area contributed by atoms with Crippen LogP contribution >= 0.6 is 0 Å². The lowest BCUT2D eigenvalue weighted by Gasteiger charge is -2.11. The number of nitrogens with zero attached hydrogens (tertiary/aromatic N) is 2. The molecule has 0 aliphatic heterocycles. The van der Waals surface area contributed by atoms with E-state index in [2.05, 4.69) is 31.9 Å². The Bertz CT molecular complexity index is 325. The highest BCUT2D eigenvalue weighted by atomic mass is 16.5. The van der Waals surface area contributed by atoms with Crippen LogP contribution in [0.5, 0.6) is 0 Å². The minimum Gasteiger partial charge on any atom is -0.381 e. The van der Waals surface area contributed by atoms with E-state index in [1.54, 1.807) is 0 Å². The summed E-state index contributed by atoms with van der Waals surface area (Å²) in [6.45, 7) is 8.04. The van der Waals surface area contributed by atoms with Crippen molar-refractivity contribution < 1.29 is 4.74 Å². The van der Waals surface area contributed by atoms with E-state index >= 15 is 0 Å². The van der Waals surface area contributed by atoms with Crippen LogP contribution in [-0.2, 0) is 11.2 Å². The summed E-state index contributed by atoms with van der Waals surface area (Å²) < 4.78 is 7.47. The number of ether oxygens (including phenoxy) is 1. The van der Waals surface area contributed by atoms with Gasteiger partial charge in [-0.1, -0.05) is 13.8 Å². The number of aromatic nitrogens is 2. The van der Waals surface area contributed by atoms with Gasteiger partial charge in [0.05, 0.1) is 5.69 Å². The first-order chi connectivity index (χ1) is 8.67. The Morgan fingerprint density at radius 3 is 2.83 bits per heavy atom. The van der Waals surface area contributed by atoms with Gasteiger partial charge < -0.3 is 10.5 Å². The summed E-state index contributed by atoms with van der Waals surface area (Å²) in [6, 6.07) is 2.67. The third-order valence-corrected chi connectivity index (χ3v) is 3.16. The Hall–Kier alpha value is -0.870. The van der Waals surface area contributed by atoms with Crippen LogP contribution in [-0.4, -0.2) is 29.0 Å². The molecule has 1 aromatic rings. The number of nitrogens with two attached hydrogens (primary N) is 1. The van der Waals surface area contributed by atoms with Crippen molar-refractivity contribution in [2.24, 2.45) is 5.73 Å². The molecule has 2 N–H and O–H groups in total. The maximum absolute atomic E-state index is 6.08. The highest BCUT2D eigenvalue weighted by molar-refractivity contribution is 5.01. The molecule has 0 fully saturated rings. The van der Waals surface area contributed by atoms with Crippen molar-refractivity contribution in [3.05, 3.63) is 18.0 Å². The fourth-order valence-electron chi connectivity index (χ4n) is 1.77. The molecule has 0 saturated carbocycles. The van der Waals surface area contributed by atoms with Crippen LogP contribution in [0.25, 0.3) is 0 Å². The quantitative estimate of drug-likeness (QED) is 0.688. The monoisotopic (exact) mass is 253 g/mol. The normalized spacial score (nSPS) is 14.7. The molecule has 0 aromatic carbocycles. The fourth-order valence-corrected chi connectivity index (χ4v) is 1.77. The van der Waals surface area contributed by atoms with Crippen molar-refractivity contribution in [1.29, 1.82) is 0 Å². The molecule has 4 heteroatoms. The van der Waals surface area contributed by atoms with E-state index in [0.717, 1.165) is 44.6 Å². The minimum atomic E-state index is 0.141. The predicted molar refractivity (Wildman–Crippen MR) is 74.6 cm³/mol. The molecule has 0 spiro atoms. The van der Waals surface area contributed by atoms with Crippen LogP contribution < -0.4 is 5.73 Å². The first-order valence-corrected chi connectivity index (χ1v) is 7.04. The second-order valence-corrected chi connectivity index (χ2v) is 4.91. The number of hydrogen-bond donors (Lipinski definition) is 1. The van der Waals surface area contributed by atoms with Crippen molar-refractivity contribution in [3.63, 3.8) is 0 Å². The molecule has 2 atom stereocenters. The van der Waals surface area contributed by atoms with Gasteiger partial charge in [0.2, 0.25) is 0 Å². The van der Waals surface area contributed by atoms with E-state index in [9.17, 15) is 0 Å². The molecule has 0 amide bonds. The van der Waals surface area contributed by atoms with Gasteiger partial charge in [-0.2, -0.15) is 5.10 Å². The Morgan fingerprint density at radius 2 is 2.17 bits per heavy atom. The van der Waals surface area contributed by atoms with Crippen LogP contribution in [0, 0.1) is 0 Å². The fraction of sp³-hybridized carbons (Fsp3) is 0.786. The largest absolute Gasteiger partial charge is 0.381 e. The van der Waals surface area contributed by atoms with Gasteiger partial charge in [-0.25, -0.2) is 0 Å². The molecule has 18 heavy (non-hydrogen) atoms. The van der Waals surface area contributed by atoms with E-state index in [-0.39, 0.29) is 6.04 Å². The number of hydrogen-bond acceptors (Lipinski definition) is 3. The van der Waals surface area contributed by atoms with Crippen molar-refractivity contribution in [1.82, 2.24) is 9.78 Å². The first kappa shape index (κ1) is 15.2. The topological polar surface area (TPSA) is 53.1 Å². The van der Waals surface area contributed by atoms with Crippen molar-refractivity contribution >= 4 is 0 Å². The van der Waals surface area contributed by atoms with Gasteiger partial charge in [0.25, 0.3) is 0 Å². The average Bonchev–Trinajstić information content (AvgIpc) is 2.82. The minimum absolute atomic E-state index is 0.141. The Morgan fingerprint density at radius 1 is 1.39 bits per heavy atom. The molecule has 0 radical (unpaired) electrons.